The van der Waals surface area contributed by atoms with E-state index in [1.807, 2.05) is 0 Å². The third-order valence-corrected chi connectivity index (χ3v) is 4.69. The van der Waals surface area contributed by atoms with Gasteiger partial charge in [0.2, 0.25) is 5.91 Å². The first-order valence-corrected chi connectivity index (χ1v) is 7.39. The Bertz CT molecular complexity index is 520. The van der Waals surface area contributed by atoms with Gasteiger partial charge in [0.25, 0.3) is 0 Å². The summed E-state index contributed by atoms with van der Waals surface area (Å²) in [4.78, 5) is 14.4. The van der Waals surface area contributed by atoms with Gasteiger partial charge in [0.15, 0.2) is 0 Å². The highest BCUT2D eigenvalue weighted by molar-refractivity contribution is 6.31. The Balaban J connectivity index is 1.84. The Kier molecular flexibility index (Phi) is 3.46. The number of hydrogen-bond acceptors (Lipinski definition) is 2. The topological polar surface area (TPSA) is 46.3 Å². The van der Waals surface area contributed by atoms with Crippen molar-refractivity contribution in [1.29, 1.82) is 0 Å². The van der Waals surface area contributed by atoms with Crippen molar-refractivity contribution in [2.75, 3.05) is 6.54 Å². The molecule has 0 heterocycles. The van der Waals surface area contributed by atoms with Crippen molar-refractivity contribution in [2.24, 2.45) is 11.1 Å². The number of nitrogens with zero attached hydrogens (tertiary/aromatic N) is 1. The van der Waals surface area contributed by atoms with Crippen LogP contribution in [-0.2, 0) is 11.3 Å². The fourth-order valence-electron chi connectivity index (χ4n) is 2.57. The molecular weight excluding hydrogens is 279 g/mol. The van der Waals surface area contributed by atoms with Crippen LogP contribution in [0.15, 0.2) is 18.2 Å². The van der Waals surface area contributed by atoms with E-state index >= 15 is 0 Å². The van der Waals surface area contributed by atoms with Crippen molar-refractivity contribution in [1.82, 2.24) is 4.90 Å². The summed E-state index contributed by atoms with van der Waals surface area (Å²) >= 11 is 6.06. The standard InChI is InChI=1S/C15H18ClFN2O/c16-12-2-1-3-13(17)11(12)8-19(10-4-5-10)14(20)15(9-18)6-7-15/h1-3,10H,4-9,18H2. The fraction of sp³-hybridized carbons (Fsp3) is 0.533. The Labute approximate surface area is 122 Å². The van der Waals surface area contributed by atoms with Gasteiger partial charge in [0, 0.05) is 23.2 Å². The van der Waals surface area contributed by atoms with Gasteiger partial charge in [0.05, 0.1) is 12.0 Å². The Hall–Kier alpha value is -1.13. The smallest absolute Gasteiger partial charge is 0.230 e. The van der Waals surface area contributed by atoms with Crippen molar-refractivity contribution in [2.45, 2.75) is 38.3 Å². The van der Waals surface area contributed by atoms with E-state index in [1.54, 1.807) is 17.0 Å². The van der Waals surface area contributed by atoms with E-state index in [9.17, 15) is 9.18 Å². The molecule has 0 atom stereocenters. The van der Waals surface area contributed by atoms with E-state index in [4.69, 9.17) is 17.3 Å². The summed E-state index contributed by atoms with van der Waals surface area (Å²) in [7, 11) is 0. The summed E-state index contributed by atoms with van der Waals surface area (Å²) in [6.07, 6.45) is 3.66. The molecule has 2 fully saturated rings. The third-order valence-electron chi connectivity index (χ3n) is 4.34. The van der Waals surface area contributed by atoms with Crippen molar-refractivity contribution in [3.63, 3.8) is 0 Å². The number of carbonyl (C=O) groups excluding carboxylic acids is 1. The molecule has 1 aromatic rings. The van der Waals surface area contributed by atoms with Crippen LogP contribution in [0, 0.1) is 11.2 Å². The summed E-state index contributed by atoms with van der Waals surface area (Å²) in [6, 6.07) is 4.84. The molecule has 0 bridgehead atoms. The van der Waals surface area contributed by atoms with Crippen LogP contribution in [0.25, 0.3) is 0 Å². The number of halogens is 2. The largest absolute Gasteiger partial charge is 0.335 e. The molecule has 108 valence electrons. The quantitative estimate of drug-likeness (QED) is 0.908. The maximum Gasteiger partial charge on any atom is 0.230 e. The molecule has 2 aliphatic rings. The van der Waals surface area contributed by atoms with E-state index in [1.165, 1.54) is 6.07 Å². The summed E-state index contributed by atoms with van der Waals surface area (Å²) in [6.45, 7) is 0.622. The first kappa shape index (κ1) is 13.8. The highest BCUT2D eigenvalue weighted by atomic mass is 35.5. The number of nitrogens with two attached hydrogens (primary N) is 1. The molecule has 0 unspecified atom stereocenters. The maximum atomic E-state index is 13.9. The third kappa shape index (κ3) is 2.42. The Morgan fingerprint density at radius 3 is 2.65 bits per heavy atom. The lowest BCUT2D eigenvalue weighted by Gasteiger charge is -2.27. The van der Waals surface area contributed by atoms with Crippen LogP contribution >= 0.6 is 11.6 Å². The predicted octanol–water partition coefficient (Wildman–Crippen LogP) is 2.71. The average molecular weight is 297 g/mol. The minimum Gasteiger partial charge on any atom is -0.335 e. The fourth-order valence-corrected chi connectivity index (χ4v) is 2.79. The van der Waals surface area contributed by atoms with Gasteiger partial charge in [-0.3, -0.25) is 4.79 Å². The summed E-state index contributed by atoms with van der Waals surface area (Å²) in [5.74, 6) is -0.282. The van der Waals surface area contributed by atoms with E-state index in [0.29, 0.717) is 17.1 Å². The second-order valence-electron chi connectivity index (χ2n) is 5.85. The Morgan fingerprint density at radius 2 is 2.15 bits per heavy atom. The SMILES string of the molecule is NCC1(C(=O)N(Cc2c(F)cccc2Cl)C2CC2)CC1. The zero-order chi connectivity index (χ0) is 14.3. The van der Waals surface area contributed by atoms with E-state index < -0.39 is 0 Å². The number of carbonyl (C=O) groups is 1. The van der Waals surface area contributed by atoms with Crippen molar-refractivity contribution in [3.8, 4) is 0 Å². The molecule has 2 aliphatic carbocycles. The number of rotatable bonds is 5. The number of benzene rings is 1. The zero-order valence-corrected chi connectivity index (χ0v) is 12.0. The molecule has 3 rings (SSSR count). The molecular formula is C15H18ClFN2O. The number of hydrogen-bond donors (Lipinski definition) is 1. The van der Waals surface area contributed by atoms with Gasteiger partial charge >= 0.3 is 0 Å². The van der Waals surface area contributed by atoms with Crippen molar-refractivity contribution < 1.29 is 9.18 Å². The molecule has 1 aromatic carbocycles. The zero-order valence-electron chi connectivity index (χ0n) is 11.2. The van der Waals surface area contributed by atoms with Gasteiger partial charge < -0.3 is 10.6 Å². The Morgan fingerprint density at radius 1 is 1.45 bits per heavy atom. The average Bonchev–Trinajstić information content (AvgIpc) is 3.31. The molecule has 2 N–H and O–H groups in total. The van der Waals surface area contributed by atoms with Gasteiger partial charge in [0.1, 0.15) is 5.82 Å². The van der Waals surface area contributed by atoms with E-state index in [-0.39, 0.29) is 29.7 Å². The number of amides is 1. The first-order valence-electron chi connectivity index (χ1n) is 7.01. The maximum absolute atomic E-state index is 13.9. The second kappa shape index (κ2) is 5.01. The van der Waals surface area contributed by atoms with Crippen molar-refractivity contribution >= 4 is 17.5 Å². The molecule has 5 heteroatoms. The lowest BCUT2D eigenvalue weighted by molar-refractivity contribution is -0.138. The van der Waals surface area contributed by atoms with Gasteiger partial charge in [-0.25, -0.2) is 4.39 Å². The lowest BCUT2D eigenvalue weighted by Crippen LogP contribution is -2.41. The molecule has 0 aromatic heterocycles. The van der Waals surface area contributed by atoms with Crippen LogP contribution in [0.1, 0.15) is 31.2 Å². The predicted molar refractivity (Wildman–Crippen MR) is 75.7 cm³/mol. The summed E-state index contributed by atoms with van der Waals surface area (Å²) < 4.78 is 13.9. The van der Waals surface area contributed by atoms with Crippen LogP contribution in [0.5, 0.6) is 0 Å². The highest BCUT2D eigenvalue weighted by Crippen LogP contribution is 2.48. The molecule has 20 heavy (non-hydrogen) atoms. The lowest BCUT2D eigenvalue weighted by atomic mass is 10.0. The monoisotopic (exact) mass is 296 g/mol. The van der Waals surface area contributed by atoms with Crippen molar-refractivity contribution in [3.05, 3.63) is 34.6 Å². The van der Waals surface area contributed by atoms with Crippen LogP contribution < -0.4 is 5.73 Å². The molecule has 0 radical (unpaired) electrons. The van der Waals surface area contributed by atoms with Gasteiger partial charge in [-0.15, -0.1) is 0 Å². The normalized spacial score (nSPS) is 19.8. The first-order chi connectivity index (χ1) is 9.57. The summed E-state index contributed by atoms with van der Waals surface area (Å²) in [5.41, 5.74) is 5.75. The molecule has 3 nitrogen and oxygen atoms in total. The molecule has 0 aliphatic heterocycles. The van der Waals surface area contributed by atoms with E-state index in [2.05, 4.69) is 0 Å². The van der Waals surface area contributed by atoms with Gasteiger partial charge in [-0.05, 0) is 37.8 Å². The van der Waals surface area contributed by atoms with Crippen LogP contribution in [0.4, 0.5) is 4.39 Å². The van der Waals surface area contributed by atoms with Gasteiger partial charge in [-0.2, -0.15) is 0 Å². The molecule has 0 spiro atoms. The van der Waals surface area contributed by atoms with E-state index in [0.717, 1.165) is 25.7 Å². The molecule has 2 saturated carbocycles. The van der Waals surface area contributed by atoms with Crippen LogP contribution in [0.3, 0.4) is 0 Å². The minimum absolute atomic E-state index is 0.0711. The molecule has 1 amide bonds. The molecule has 0 saturated heterocycles. The van der Waals surface area contributed by atoms with Crippen LogP contribution in [0.2, 0.25) is 5.02 Å². The van der Waals surface area contributed by atoms with Gasteiger partial charge in [-0.1, -0.05) is 17.7 Å². The van der Waals surface area contributed by atoms with Crippen LogP contribution in [-0.4, -0.2) is 23.4 Å². The minimum atomic E-state index is -0.389. The second-order valence-corrected chi connectivity index (χ2v) is 6.26. The highest BCUT2D eigenvalue weighted by Gasteiger charge is 2.52. The summed E-state index contributed by atoms with van der Waals surface area (Å²) in [5, 5.41) is 0.376.